The Labute approximate surface area is 154 Å². The van der Waals surface area contributed by atoms with E-state index in [4.69, 9.17) is 4.74 Å². The molecular weight excluding hydrogens is 336 g/mol. The summed E-state index contributed by atoms with van der Waals surface area (Å²) in [6.07, 6.45) is -0.571. The van der Waals surface area contributed by atoms with E-state index in [2.05, 4.69) is 6.92 Å². The monoisotopic (exact) mass is 368 g/mol. The molecule has 5 fully saturated rings. The van der Waals surface area contributed by atoms with Crippen molar-refractivity contribution >= 4 is 0 Å². The van der Waals surface area contributed by atoms with Gasteiger partial charge in [0.2, 0.25) is 0 Å². The third-order valence-electron chi connectivity index (χ3n) is 10.0. The average Bonchev–Trinajstić information content (AvgIpc) is 2.91. The van der Waals surface area contributed by atoms with Gasteiger partial charge >= 0.3 is 0 Å². The summed E-state index contributed by atoms with van der Waals surface area (Å²) in [5, 5.41) is 58.7. The molecule has 5 rings (SSSR count). The highest BCUT2D eigenvalue weighted by molar-refractivity contribution is 5.42. The number of hydrogen-bond acceptors (Lipinski definition) is 6. The number of aliphatic hydroxyl groups is 5. The molecule has 0 aromatic rings. The van der Waals surface area contributed by atoms with Crippen LogP contribution in [0.15, 0.2) is 0 Å². The first kappa shape index (κ1) is 17.8. The molecule has 5 bridgehead atoms. The van der Waals surface area contributed by atoms with Crippen molar-refractivity contribution in [1.82, 2.24) is 0 Å². The predicted octanol–water partition coefficient (Wildman–Crippen LogP) is 0.390. The van der Waals surface area contributed by atoms with Crippen LogP contribution < -0.4 is 0 Å². The molecule has 0 aromatic heterocycles. The summed E-state index contributed by atoms with van der Waals surface area (Å²) >= 11 is 0. The highest BCUT2D eigenvalue weighted by atomic mass is 16.7. The Kier molecular flexibility index (Phi) is 2.87. The van der Waals surface area contributed by atoms with E-state index in [0.29, 0.717) is 6.42 Å². The third-order valence-corrected chi connectivity index (χ3v) is 10.0. The lowest BCUT2D eigenvalue weighted by atomic mass is 9.41. The van der Waals surface area contributed by atoms with Crippen molar-refractivity contribution in [2.24, 2.45) is 34.5 Å². The van der Waals surface area contributed by atoms with E-state index in [1.807, 2.05) is 6.92 Å². The van der Waals surface area contributed by atoms with Crippen molar-refractivity contribution < 1.29 is 30.3 Å². The summed E-state index contributed by atoms with van der Waals surface area (Å²) < 4.78 is 6.19. The second kappa shape index (κ2) is 4.19. The van der Waals surface area contributed by atoms with Gasteiger partial charge in [-0.1, -0.05) is 27.7 Å². The molecule has 11 atom stereocenters. The van der Waals surface area contributed by atoms with E-state index in [1.165, 1.54) is 0 Å². The van der Waals surface area contributed by atoms with Crippen LogP contribution in [0.5, 0.6) is 0 Å². The number of ether oxygens (including phenoxy) is 1. The molecule has 0 aromatic carbocycles. The molecule has 5 aliphatic rings. The van der Waals surface area contributed by atoms with Gasteiger partial charge < -0.3 is 30.3 Å². The third kappa shape index (κ3) is 1.21. The minimum absolute atomic E-state index is 0.103. The highest BCUT2D eigenvalue weighted by Crippen LogP contribution is 2.83. The van der Waals surface area contributed by atoms with Crippen LogP contribution in [-0.4, -0.2) is 60.3 Å². The highest BCUT2D eigenvalue weighted by Gasteiger charge is 2.96. The largest absolute Gasteiger partial charge is 0.390 e. The first-order chi connectivity index (χ1) is 11.8. The van der Waals surface area contributed by atoms with Crippen LogP contribution >= 0.6 is 0 Å². The quantitative estimate of drug-likeness (QED) is 0.458. The summed E-state index contributed by atoms with van der Waals surface area (Å²) in [5.41, 5.74) is -6.83. The van der Waals surface area contributed by atoms with Crippen LogP contribution in [0.25, 0.3) is 0 Å². The van der Waals surface area contributed by atoms with Gasteiger partial charge in [0.15, 0.2) is 5.79 Å². The van der Waals surface area contributed by atoms with Gasteiger partial charge in [0.1, 0.15) is 11.2 Å². The van der Waals surface area contributed by atoms with E-state index < -0.39 is 57.5 Å². The van der Waals surface area contributed by atoms with Crippen LogP contribution in [-0.2, 0) is 4.74 Å². The van der Waals surface area contributed by atoms with Gasteiger partial charge in [-0.05, 0) is 31.6 Å². The van der Waals surface area contributed by atoms with Gasteiger partial charge in [0.25, 0.3) is 0 Å². The van der Waals surface area contributed by atoms with Gasteiger partial charge in [-0.25, -0.2) is 0 Å². The van der Waals surface area contributed by atoms with Gasteiger partial charge in [-0.15, -0.1) is 0 Å². The van der Waals surface area contributed by atoms with Crippen LogP contribution in [0.4, 0.5) is 0 Å². The Hall–Kier alpha value is -0.240. The van der Waals surface area contributed by atoms with Crippen molar-refractivity contribution in [2.45, 2.75) is 88.7 Å². The lowest BCUT2D eigenvalue weighted by Gasteiger charge is -2.64. The lowest BCUT2D eigenvalue weighted by molar-refractivity contribution is -0.320. The fraction of sp³-hybridized carbons (Fsp3) is 1.00. The van der Waals surface area contributed by atoms with Crippen LogP contribution in [0, 0.1) is 34.5 Å². The number of rotatable bonds is 1. The summed E-state index contributed by atoms with van der Waals surface area (Å²) in [5.74, 6) is -3.16. The number of fused-ring (bicyclic) bond motifs is 3. The molecule has 148 valence electrons. The molecule has 4 saturated carbocycles. The van der Waals surface area contributed by atoms with Gasteiger partial charge in [0, 0.05) is 23.7 Å². The minimum Gasteiger partial charge on any atom is -0.390 e. The Bertz CT molecular complexity index is 698. The van der Waals surface area contributed by atoms with Crippen LogP contribution in [0.3, 0.4) is 0 Å². The summed E-state index contributed by atoms with van der Waals surface area (Å²) in [6.45, 7) is 9.17. The average molecular weight is 368 g/mol. The van der Waals surface area contributed by atoms with E-state index in [9.17, 15) is 25.5 Å². The van der Waals surface area contributed by atoms with Crippen LogP contribution in [0.2, 0.25) is 0 Å². The zero-order valence-electron chi connectivity index (χ0n) is 16.2. The number of hydrogen-bond donors (Lipinski definition) is 5. The summed E-state index contributed by atoms with van der Waals surface area (Å²) in [6, 6.07) is 0. The molecule has 5 N–H and O–H groups in total. The molecule has 6 nitrogen and oxygen atoms in total. The molecule has 26 heavy (non-hydrogen) atoms. The van der Waals surface area contributed by atoms with Crippen molar-refractivity contribution in [3.05, 3.63) is 0 Å². The Morgan fingerprint density at radius 1 is 1.08 bits per heavy atom. The molecule has 4 aliphatic carbocycles. The molecule has 0 radical (unpaired) electrons. The molecule has 11 unspecified atom stereocenters. The summed E-state index contributed by atoms with van der Waals surface area (Å²) in [7, 11) is 0. The van der Waals surface area contributed by atoms with Gasteiger partial charge in [-0.2, -0.15) is 0 Å². The maximum atomic E-state index is 12.1. The maximum absolute atomic E-state index is 12.1. The maximum Gasteiger partial charge on any atom is 0.177 e. The molecular formula is C20H32O6. The van der Waals surface area contributed by atoms with E-state index >= 15 is 0 Å². The Morgan fingerprint density at radius 3 is 2.27 bits per heavy atom. The zero-order chi connectivity index (χ0) is 19.3. The molecule has 1 aliphatic heterocycles. The zero-order valence-corrected chi connectivity index (χ0v) is 16.2. The molecule has 6 heteroatoms. The van der Waals surface area contributed by atoms with E-state index in [1.54, 1.807) is 20.8 Å². The second-order valence-electron chi connectivity index (χ2n) is 10.7. The normalized spacial score (nSPS) is 71.0. The molecule has 1 saturated heterocycles. The van der Waals surface area contributed by atoms with Crippen molar-refractivity contribution in [1.29, 1.82) is 0 Å². The minimum atomic E-state index is -1.80. The molecule has 1 heterocycles. The topological polar surface area (TPSA) is 110 Å². The summed E-state index contributed by atoms with van der Waals surface area (Å²) in [4.78, 5) is 0. The Balaban J connectivity index is 1.87. The second-order valence-corrected chi connectivity index (χ2v) is 10.7. The van der Waals surface area contributed by atoms with E-state index in [-0.39, 0.29) is 18.3 Å². The van der Waals surface area contributed by atoms with Crippen molar-refractivity contribution in [3.8, 4) is 0 Å². The first-order valence-corrected chi connectivity index (χ1v) is 10.0. The molecule has 0 amide bonds. The molecule has 0 spiro atoms. The van der Waals surface area contributed by atoms with Crippen LogP contribution in [0.1, 0.15) is 53.9 Å². The number of aliphatic hydroxyl groups excluding tert-OH is 1. The van der Waals surface area contributed by atoms with Gasteiger partial charge in [0.05, 0.1) is 23.2 Å². The first-order valence-electron chi connectivity index (χ1n) is 10.0. The van der Waals surface area contributed by atoms with E-state index in [0.717, 1.165) is 6.42 Å². The lowest BCUT2D eigenvalue weighted by Crippen LogP contribution is -2.77. The van der Waals surface area contributed by atoms with Gasteiger partial charge in [-0.3, -0.25) is 0 Å². The standard InChI is InChI=1S/C20H32O6/c1-9(2)19(24)13(21)12-15(4)8-18(23)16(19,5)20(12,25)14(26-18)11-10(3)6-7-17(11,15)22/h9-14,21-25H,6-8H2,1-5H3. The fourth-order valence-electron chi connectivity index (χ4n) is 8.76. The van der Waals surface area contributed by atoms with Crippen molar-refractivity contribution in [3.63, 3.8) is 0 Å². The SMILES string of the molecule is CC1CCC2(O)C1C1OC3(O)CC2(C)C2C(O)C(O)(C(C)C)C3(C)C12O. The van der Waals surface area contributed by atoms with Crippen molar-refractivity contribution in [2.75, 3.05) is 0 Å². The fourth-order valence-corrected chi connectivity index (χ4v) is 8.76. The Morgan fingerprint density at radius 2 is 1.69 bits per heavy atom. The smallest absolute Gasteiger partial charge is 0.177 e. The predicted molar refractivity (Wildman–Crippen MR) is 91.7 cm³/mol.